The Morgan fingerprint density at radius 1 is 1.47 bits per heavy atom. The number of methoxy groups -OCH3 is 1. The minimum absolute atomic E-state index is 0.229. The summed E-state index contributed by atoms with van der Waals surface area (Å²) in [6, 6.07) is 1.66. The lowest BCUT2D eigenvalue weighted by molar-refractivity contribution is -0.143. The van der Waals surface area contributed by atoms with Crippen LogP contribution < -0.4 is 4.74 Å². The molecule has 0 bridgehead atoms. The lowest BCUT2D eigenvalue weighted by Crippen LogP contribution is -2.06. The summed E-state index contributed by atoms with van der Waals surface area (Å²) < 4.78 is 14.9. The average Bonchev–Trinajstić information content (AvgIpc) is 2.88. The molecule has 0 saturated heterocycles. The summed E-state index contributed by atoms with van der Waals surface area (Å²) in [4.78, 5) is 11.4. The summed E-state index contributed by atoms with van der Waals surface area (Å²) in [5.41, 5.74) is 0. The third-order valence-corrected chi connectivity index (χ3v) is 2.55. The maximum Gasteiger partial charge on any atom is 0.306 e. The van der Waals surface area contributed by atoms with Crippen LogP contribution in [0.25, 0.3) is 0 Å². The van der Waals surface area contributed by atoms with Gasteiger partial charge in [-0.3, -0.25) is 4.79 Å². The standard InChI is InChI=1S/C14H19NO4/c1-3-4-5-6-7-10-18-14(16)9-8-12-11-13(17-2)15-19-12/h1,11H,4-10H2,2H3. The molecule has 104 valence electrons. The van der Waals surface area contributed by atoms with E-state index in [-0.39, 0.29) is 12.4 Å². The van der Waals surface area contributed by atoms with Gasteiger partial charge in [0.1, 0.15) is 5.76 Å². The summed E-state index contributed by atoms with van der Waals surface area (Å²) in [5, 5.41) is 3.65. The molecule has 0 unspecified atom stereocenters. The minimum Gasteiger partial charge on any atom is -0.479 e. The van der Waals surface area contributed by atoms with Crippen LogP contribution in [0.3, 0.4) is 0 Å². The van der Waals surface area contributed by atoms with E-state index in [1.54, 1.807) is 6.07 Å². The Kier molecular flexibility index (Phi) is 7.18. The second-order valence-corrected chi connectivity index (χ2v) is 4.07. The molecule has 1 aromatic rings. The maximum atomic E-state index is 11.4. The van der Waals surface area contributed by atoms with E-state index < -0.39 is 0 Å². The largest absolute Gasteiger partial charge is 0.479 e. The first-order chi connectivity index (χ1) is 9.26. The first-order valence-electron chi connectivity index (χ1n) is 6.35. The molecular formula is C14H19NO4. The van der Waals surface area contributed by atoms with Crippen molar-refractivity contribution in [3.8, 4) is 18.2 Å². The number of terminal acetylenes is 1. The molecule has 0 aliphatic heterocycles. The average molecular weight is 265 g/mol. The highest BCUT2D eigenvalue weighted by atomic mass is 16.5. The lowest BCUT2D eigenvalue weighted by Gasteiger charge is -2.03. The van der Waals surface area contributed by atoms with Gasteiger partial charge in [-0.05, 0) is 24.4 Å². The van der Waals surface area contributed by atoms with Crippen molar-refractivity contribution < 1.29 is 18.8 Å². The predicted molar refractivity (Wildman–Crippen MR) is 69.6 cm³/mol. The highest BCUT2D eigenvalue weighted by Crippen LogP contribution is 2.12. The number of aromatic nitrogens is 1. The molecule has 0 saturated carbocycles. The van der Waals surface area contributed by atoms with E-state index in [4.69, 9.17) is 20.4 Å². The van der Waals surface area contributed by atoms with Gasteiger partial charge in [0.25, 0.3) is 5.88 Å². The highest BCUT2D eigenvalue weighted by Gasteiger charge is 2.08. The number of esters is 1. The molecule has 0 N–H and O–H groups in total. The quantitative estimate of drug-likeness (QED) is 0.389. The Hall–Kier alpha value is -1.96. The van der Waals surface area contributed by atoms with Gasteiger partial charge in [-0.15, -0.1) is 12.3 Å². The van der Waals surface area contributed by atoms with E-state index in [9.17, 15) is 4.79 Å². The first kappa shape index (κ1) is 15.1. The third-order valence-electron chi connectivity index (χ3n) is 2.55. The van der Waals surface area contributed by atoms with E-state index in [1.807, 2.05) is 0 Å². The van der Waals surface area contributed by atoms with Crippen molar-refractivity contribution in [3.05, 3.63) is 11.8 Å². The van der Waals surface area contributed by atoms with Crippen LogP contribution in [-0.4, -0.2) is 24.8 Å². The number of aryl methyl sites for hydroxylation is 1. The fourth-order valence-electron chi connectivity index (χ4n) is 1.50. The van der Waals surface area contributed by atoms with E-state index in [1.165, 1.54) is 7.11 Å². The van der Waals surface area contributed by atoms with E-state index in [2.05, 4.69) is 11.1 Å². The number of ether oxygens (including phenoxy) is 2. The van der Waals surface area contributed by atoms with Crippen molar-refractivity contribution in [3.63, 3.8) is 0 Å². The summed E-state index contributed by atoms with van der Waals surface area (Å²) in [7, 11) is 1.51. The summed E-state index contributed by atoms with van der Waals surface area (Å²) >= 11 is 0. The van der Waals surface area contributed by atoms with Crippen molar-refractivity contribution in [2.45, 2.75) is 38.5 Å². The maximum absolute atomic E-state index is 11.4. The zero-order valence-electron chi connectivity index (χ0n) is 11.2. The summed E-state index contributed by atoms with van der Waals surface area (Å²) in [5.74, 6) is 3.38. The topological polar surface area (TPSA) is 61.6 Å². The molecule has 0 aliphatic carbocycles. The molecule has 0 fully saturated rings. The molecule has 0 spiro atoms. The number of hydrogen-bond donors (Lipinski definition) is 0. The summed E-state index contributed by atoms with van der Waals surface area (Å²) in [6.07, 6.45) is 9.48. The van der Waals surface area contributed by atoms with Gasteiger partial charge in [0, 0.05) is 18.9 Å². The molecule has 1 aromatic heterocycles. The van der Waals surface area contributed by atoms with Gasteiger partial charge in [-0.25, -0.2) is 0 Å². The van der Waals surface area contributed by atoms with Gasteiger partial charge in [0.05, 0.1) is 20.1 Å². The normalized spacial score (nSPS) is 9.89. The molecule has 0 amide bonds. The Morgan fingerprint density at radius 2 is 2.32 bits per heavy atom. The first-order valence-corrected chi connectivity index (χ1v) is 6.35. The van der Waals surface area contributed by atoms with Crippen molar-refractivity contribution in [1.82, 2.24) is 5.16 Å². The van der Waals surface area contributed by atoms with Crippen LogP contribution in [0, 0.1) is 12.3 Å². The number of rotatable bonds is 9. The van der Waals surface area contributed by atoms with Crippen LogP contribution in [-0.2, 0) is 16.0 Å². The van der Waals surface area contributed by atoms with Crippen LogP contribution in [0.15, 0.2) is 10.6 Å². The van der Waals surface area contributed by atoms with Crippen LogP contribution in [0.2, 0.25) is 0 Å². The molecule has 0 atom stereocenters. The minimum atomic E-state index is -0.229. The molecule has 1 rings (SSSR count). The van der Waals surface area contributed by atoms with Gasteiger partial charge in [0.15, 0.2) is 0 Å². The van der Waals surface area contributed by atoms with E-state index in [0.717, 1.165) is 25.7 Å². The second-order valence-electron chi connectivity index (χ2n) is 4.07. The van der Waals surface area contributed by atoms with Crippen molar-refractivity contribution in [2.75, 3.05) is 13.7 Å². The number of unbranched alkanes of at least 4 members (excludes halogenated alkanes) is 3. The molecule has 5 heteroatoms. The Bertz CT molecular complexity index is 419. The third kappa shape index (κ3) is 6.51. The molecule has 19 heavy (non-hydrogen) atoms. The van der Waals surface area contributed by atoms with Crippen LogP contribution in [0.5, 0.6) is 5.88 Å². The second kappa shape index (κ2) is 9.03. The van der Waals surface area contributed by atoms with E-state index in [0.29, 0.717) is 24.7 Å². The fraction of sp³-hybridized carbons (Fsp3) is 0.571. The van der Waals surface area contributed by atoms with Crippen LogP contribution in [0.4, 0.5) is 0 Å². The molecule has 0 aliphatic rings. The zero-order chi connectivity index (χ0) is 13.9. The molecular weight excluding hydrogens is 246 g/mol. The summed E-state index contributed by atoms with van der Waals surface area (Å²) in [6.45, 7) is 0.448. The van der Waals surface area contributed by atoms with Crippen LogP contribution in [0.1, 0.15) is 37.9 Å². The smallest absolute Gasteiger partial charge is 0.306 e. The molecule has 1 heterocycles. The van der Waals surface area contributed by atoms with E-state index >= 15 is 0 Å². The van der Waals surface area contributed by atoms with Gasteiger partial charge >= 0.3 is 5.97 Å². The van der Waals surface area contributed by atoms with Gasteiger partial charge in [0.2, 0.25) is 0 Å². The van der Waals surface area contributed by atoms with Gasteiger partial charge in [-0.1, -0.05) is 0 Å². The SMILES string of the molecule is C#CCCCCCOC(=O)CCc1cc(OC)no1. The zero-order valence-corrected chi connectivity index (χ0v) is 11.2. The number of carbonyl (C=O) groups is 1. The van der Waals surface area contributed by atoms with Gasteiger partial charge in [-0.2, -0.15) is 0 Å². The van der Waals surface area contributed by atoms with Crippen LogP contribution >= 0.6 is 0 Å². The molecule has 5 nitrogen and oxygen atoms in total. The highest BCUT2D eigenvalue weighted by molar-refractivity contribution is 5.69. The Balaban J connectivity index is 2.06. The molecule has 0 radical (unpaired) electrons. The predicted octanol–water partition coefficient (Wildman–Crippen LogP) is 2.35. The van der Waals surface area contributed by atoms with Crippen molar-refractivity contribution in [1.29, 1.82) is 0 Å². The fourth-order valence-corrected chi connectivity index (χ4v) is 1.50. The number of nitrogens with zero attached hydrogens (tertiary/aromatic N) is 1. The lowest BCUT2D eigenvalue weighted by atomic mass is 10.2. The Labute approximate surface area is 113 Å². The monoisotopic (exact) mass is 265 g/mol. The van der Waals surface area contributed by atoms with Crippen molar-refractivity contribution >= 4 is 5.97 Å². The number of hydrogen-bond acceptors (Lipinski definition) is 5. The Morgan fingerprint density at radius 3 is 3.00 bits per heavy atom. The number of carbonyl (C=O) groups excluding carboxylic acids is 1. The molecule has 0 aromatic carbocycles. The van der Waals surface area contributed by atoms with Gasteiger partial charge < -0.3 is 14.0 Å². The van der Waals surface area contributed by atoms with Crippen molar-refractivity contribution in [2.24, 2.45) is 0 Å².